The average molecular weight is 223 g/mol. The van der Waals surface area contributed by atoms with Crippen LogP contribution in [0.1, 0.15) is 41.6 Å². The van der Waals surface area contributed by atoms with Crippen LogP contribution in [0, 0.1) is 12.8 Å². The van der Waals surface area contributed by atoms with Crippen LogP contribution < -0.4 is 0 Å². The minimum atomic E-state index is 0.238. The SMILES string of the molecule is Cc1c(Cl)cccc1C(=O)C1CCCC1. The van der Waals surface area contributed by atoms with Gasteiger partial charge < -0.3 is 0 Å². The van der Waals surface area contributed by atoms with E-state index in [1.807, 2.05) is 25.1 Å². The standard InChI is InChI=1S/C13H15ClO/c1-9-11(7-4-8-12(9)14)13(15)10-5-2-3-6-10/h4,7-8,10H,2-3,5-6H2,1H3. The minimum Gasteiger partial charge on any atom is -0.294 e. The molecule has 80 valence electrons. The second-order valence-electron chi connectivity index (χ2n) is 4.26. The fraction of sp³-hybridized carbons (Fsp3) is 0.462. The van der Waals surface area contributed by atoms with E-state index >= 15 is 0 Å². The minimum absolute atomic E-state index is 0.238. The molecule has 15 heavy (non-hydrogen) atoms. The van der Waals surface area contributed by atoms with Crippen LogP contribution in [-0.4, -0.2) is 5.78 Å². The van der Waals surface area contributed by atoms with Gasteiger partial charge in [-0.3, -0.25) is 4.79 Å². The summed E-state index contributed by atoms with van der Waals surface area (Å²) >= 11 is 6.01. The molecule has 1 nitrogen and oxygen atoms in total. The molecule has 0 unspecified atom stereocenters. The highest BCUT2D eigenvalue weighted by molar-refractivity contribution is 6.31. The van der Waals surface area contributed by atoms with Gasteiger partial charge in [-0.1, -0.05) is 36.6 Å². The Morgan fingerprint density at radius 3 is 2.67 bits per heavy atom. The van der Waals surface area contributed by atoms with Gasteiger partial charge in [-0.15, -0.1) is 0 Å². The van der Waals surface area contributed by atoms with Gasteiger partial charge in [-0.2, -0.15) is 0 Å². The lowest BCUT2D eigenvalue weighted by atomic mass is 9.93. The fourth-order valence-electron chi connectivity index (χ4n) is 2.28. The van der Waals surface area contributed by atoms with Gasteiger partial charge in [0.1, 0.15) is 0 Å². The highest BCUT2D eigenvalue weighted by Gasteiger charge is 2.24. The molecule has 0 saturated heterocycles. The van der Waals surface area contributed by atoms with E-state index in [2.05, 4.69) is 0 Å². The first kappa shape index (κ1) is 10.7. The molecule has 1 aliphatic rings. The maximum atomic E-state index is 12.2. The maximum Gasteiger partial charge on any atom is 0.166 e. The van der Waals surface area contributed by atoms with Crippen LogP contribution in [0.25, 0.3) is 0 Å². The Morgan fingerprint density at radius 1 is 1.33 bits per heavy atom. The van der Waals surface area contributed by atoms with Crippen LogP contribution in [-0.2, 0) is 0 Å². The van der Waals surface area contributed by atoms with Gasteiger partial charge in [0.25, 0.3) is 0 Å². The van der Waals surface area contributed by atoms with Crippen molar-refractivity contribution in [3.05, 3.63) is 34.3 Å². The van der Waals surface area contributed by atoms with Gasteiger partial charge in [0.05, 0.1) is 0 Å². The molecule has 0 aliphatic heterocycles. The number of ketones is 1. The predicted octanol–water partition coefficient (Wildman–Crippen LogP) is 4.02. The Labute approximate surface area is 95.4 Å². The first-order chi connectivity index (χ1) is 7.20. The molecule has 1 aromatic rings. The number of carbonyl (C=O) groups is 1. The molecular weight excluding hydrogens is 208 g/mol. The monoisotopic (exact) mass is 222 g/mol. The number of Topliss-reactive ketones (excluding diaryl/α,β-unsaturated/α-hetero) is 1. The van der Waals surface area contributed by atoms with Gasteiger partial charge >= 0.3 is 0 Å². The average Bonchev–Trinajstić information content (AvgIpc) is 2.74. The van der Waals surface area contributed by atoms with E-state index in [-0.39, 0.29) is 11.7 Å². The molecule has 2 heteroatoms. The van der Waals surface area contributed by atoms with E-state index in [1.165, 1.54) is 12.8 Å². The van der Waals surface area contributed by atoms with Gasteiger partial charge in [0.2, 0.25) is 0 Å². The molecule has 0 N–H and O–H groups in total. The normalized spacial score (nSPS) is 16.9. The van der Waals surface area contributed by atoms with E-state index in [0.717, 1.165) is 24.0 Å². The summed E-state index contributed by atoms with van der Waals surface area (Å²) < 4.78 is 0. The molecule has 0 bridgehead atoms. The summed E-state index contributed by atoms with van der Waals surface area (Å²) in [5.41, 5.74) is 1.74. The molecule has 0 amide bonds. The van der Waals surface area contributed by atoms with Crippen molar-refractivity contribution >= 4 is 17.4 Å². The van der Waals surface area contributed by atoms with Crippen LogP contribution in [0.15, 0.2) is 18.2 Å². The van der Waals surface area contributed by atoms with E-state index in [1.54, 1.807) is 0 Å². The van der Waals surface area contributed by atoms with Crippen molar-refractivity contribution in [2.24, 2.45) is 5.92 Å². The highest BCUT2D eigenvalue weighted by atomic mass is 35.5. The molecule has 2 rings (SSSR count). The summed E-state index contributed by atoms with van der Waals surface area (Å²) in [6, 6.07) is 5.59. The molecule has 1 saturated carbocycles. The number of benzene rings is 1. The quantitative estimate of drug-likeness (QED) is 0.691. The fourth-order valence-corrected chi connectivity index (χ4v) is 2.46. The van der Waals surface area contributed by atoms with Crippen LogP contribution in [0.3, 0.4) is 0 Å². The van der Waals surface area contributed by atoms with Gasteiger partial charge in [-0.25, -0.2) is 0 Å². The van der Waals surface area contributed by atoms with Crippen LogP contribution >= 0.6 is 11.6 Å². The molecule has 0 atom stereocenters. The summed E-state index contributed by atoms with van der Waals surface area (Å²) in [6.45, 7) is 1.92. The van der Waals surface area contributed by atoms with Crippen LogP contribution in [0.2, 0.25) is 5.02 Å². The van der Waals surface area contributed by atoms with Crippen LogP contribution in [0.5, 0.6) is 0 Å². The predicted molar refractivity (Wildman–Crippen MR) is 62.5 cm³/mol. The molecule has 1 fully saturated rings. The largest absolute Gasteiger partial charge is 0.294 e. The van der Waals surface area contributed by atoms with E-state index in [4.69, 9.17) is 11.6 Å². The van der Waals surface area contributed by atoms with Crippen molar-refractivity contribution in [3.63, 3.8) is 0 Å². The van der Waals surface area contributed by atoms with Crippen LogP contribution in [0.4, 0.5) is 0 Å². The lowest BCUT2D eigenvalue weighted by Gasteiger charge is -2.11. The first-order valence-corrected chi connectivity index (χ1v) is 5.87. The third-order valence-corrected chi connectivity index (χ3v) is 3.67. The smallest absolute Gasteiger partial charge is 0.166 e. The Balaban J connectivity index is 2.28. The second-order valence-corrected chi connectivity index (χ2v) is 4.67. The molecule has 0 heterocycles. The highest BCUT2D eigenvalue weighted by Crippen LogP contribution is 2.30. The zero-order valence-electron chi connectivity index (χ0n) is 8.92. The third kappa shape index (κ3) is 2.07. The van der Waals surface area contributed by atoms with Gasteiger partial charge in [-0.05, 0) is 31.4 Å². The zero-order valence-corrected chi connectivity index (χ0v) is 9.68. The lowest BCUT2D eigenvalue weighted by Crippen LogP contribution is -2.12. The van der Waals surface area contributed by atoms with Crippen molar-refractivity contribution in [3.8, 4) is 0 Å². The van der Waals surface area contributed by atoms with Crippen molar-refractivity contribution in [2.75, 3.05) is 0 Å². The molecule has 0 spiro atoms. The number of rotatable bonds is 2. The molecule has 0 aromatic heterocycles. The Kier molecular flexibility index (Phi) is 3.11. The summed E-state index contributed by atoms with van der Waals surface area (Å²) in [6.07, 6.45) is 4.47. The zero-order chi connectivity index (χ0) is 10.8. The van der Waals surface area contributed by atoms with Crippen molar-refractivity contribution < 1.29 is 4.79 Å². The van der Waals surface area contributed by atoms with E-state index < -0.39 is 0 Å². The summed E-state index contributed by atoms with van der Waals surface area (Å²) in [5.74, 6) is 0.523. The Bertz CT molecular complexity index is 378. The Hall–Kier alpha value is -0.820. The molecule has 1 aromatic carbocycles. The second kappa shape index (κ2) is 4.36. The maximum absolute atomic E-state index is 12.2. The molecule has 0 radical (unpaired) electrons. The Morgan fingerprint density at radius 2 is 2.00 bits per heavy atom. The lowest BCUT2D eigenvalue weighted by molar-refractivity contribution is 0.0922. The third-order valence-electron chi connectivity index (χ3n) is 3.26. The summed E-state index contributed by atoms with van der Waals surface area (Å²) in [7, 11) is 0. The van der Waals surface area contributed by atoms with Gasteiger partial charge in [0.15, 0.2) is 5.78 Å². The number of halogens is 1. The number of hydrogen-bond donors (Lipinski definition) is 0. The number of hydrogen-bond acceptors (Lipinski definition) is 1. The molecule has 1 aliphatic carbocycles. The summed E-state index contributed by atoms with van der Waals surface area (Å²) in [5, 5.41) is 0.693. The van der Waals surface area contributed by atoms with Crippen molar-refractivity contribution in [1.82, 2.24) is 0 Å². The van der Waals surface area contributed by atoms with E-state index in [0.29, 0.717) is 5.02 Å². The topological polar surface area (TPSA) is 17.1 Å². The van der Waals surface area contributed by atoms with E-state index in [9.17, 15) is 4.79 Å². The number of carbonyl (C=O) groups excluding carboxylic acids is 1. The van der Waals surface area contributed by atoms with Gasteiger partial charge in [0, 0.05) is 16.5 Å². The van der Waals surface area contributed by atoms with Crippen molar-refractivity contribution in [2.45, 2.75) is 32.6 Å². The molecular formula is C13H15ClO. The van der Waals surface area contributed by atoms with Crippen molar-refractivity contribution in [1.29, 1.82) is 0 Å². The first-order valence-electron chi connectivity index (χ1n) is 5.49. The summed E-state index contributed by atoms with van der Waals surface area (Å²) in [4.78, 5) is 12.2.